The summed E-state index contributed by atoms with van der Waals surface area (Å²) in [4.78, 5) is 0. The van der Waals surface area contributed by atoms with Crippen LogP contribution in [0.4, 0.5) is 0 Å². The maximum absolute atomic E-state index is 11.0. The predicted octanol–water partition coefficient (Wildman–Crippen LogP) is -0.0857. The Bertz CT molecular complexity index is 256. The summed E-state index contributed by atoms with van der Waals surface area (Å²) in [7, 11) is -1.44. The van der Waals surface area contributed by atoms with Crippen LogP contribution in [0.1, 0.15) is 6.92 Å². The van der Waals surface area contributed by atoms with Crippen molar-refractivity contribution in [1.82, 2.24) is 4.31 Å². The zero-order chi connectivity index (χ0) is 9.41. The van der Waals surface area contributed by atoms with Gasteiger partial charge < -0.3 is 4.74 Å². The highest BCUT2D eigenvalue weighted by atomic mass is 32.2. The van der Waals surface area contributed by atoms with Gasteiger partial charge in [-0.25, -0.2) is 12.7 Å². The Kier molecular flexibility index (Phi) is 2.47. The number of sulfonamides is 1. The molecule has 0 unspecified atom stereocenters. The molecule has 0 aromatic carbocycles. The molecule has 1 fully saturated rings. The van der Waals surface area contributed by atoms with E-state index < -0.39 is 10.0 Å². The summed E-state index contributed by atoms with van der Waals surface area (Å²) < 4.78 is 28.5. The molecule has 12 heavy (non-hydrogen) atoms. The molecule has 1 aliphatic heterocycles. The lowest BCUT2D eigenvalue weighted by Gasteiger charge is -2.40. The maximum Gasteiger partial charge on any atom is 0.210 e. The van der Waals surface area contributed by atoms with Crippen molar-refractivity contribution in [3.05, 3.63) is 0 Å². The van der Waals surface area contributed by atoms with E-state index in [4.69, 9.17) is 4.74 Å². The average molecular weight is 193 g/mol. The SMILES string of the molecule is CN(CC1(C)COC1)S(C)(=O)=O. The van der Waals surface area contributed by atoms with E-state index in [1.807, 2.05) is 6.92 Å². The Balaban J connectivity index is 2.51. The molecule has 0 spiro atoms. The van der Waals surface area contributed by atoms with Crippen LogP contribution in [0.25, 0.3) is 0 Å². The molecular weight excluding hydrogens is 178 g/mol. The van der Waals surface area contributed by atoms with Crippen molar-refractivity contribution in [2.45, 2.75) is 6.92 Å². The highest BCUT2D eigenvalue weighted by Crippen LogP contribution is 2.27. The molecule has 0 radical (unpaired) electrons. The van der Waals surface area contributed by atoms with Gasteiger partial charge in [-0.1, -0.05) is 6.92 Å². The fourth-order valence-electron chi connectivity index (χ4n) is 1.20. The van der Waals surface area contributed by atoms with Gasteiger partial charge in [0.1, 0.15) is 0 Å². The lowest BCUT2D eigenvalue weighted by atomic mass is 9.89. The molecule has 5 heteroatoms. The van der Waals surface area contributed by atoms with Crippen molar-refractivity contribution in [2.24, 2.45) is 5.41 Å². The van der Waals surface area contributed by atoms with Gasteiger partial charge >= 0.3 is 0 Å². The lowest BCUT2D eigenvalue weighted by molar-refractivity contribution is -0.105. The van der Waals surface area contributed by atoms with Crippen LogP contribution in [0.5, 0.6) is 0 Å². The Morgan fingerprint density at radius 3 is 2.25 bits per heavy atom. The van der Waals surface area contributed by atoms with E-state index in [1.165, 1.54) is 10.6 Å². The fourth-order valence-corrected chi connectivity index (χ4v) is 1.74. The van der Waals surface area contributed by atoms with E-state index in [-0.39, 0.29) is 5.41 Å². The third-order valence-electron chi connectivity index (χ3n) is 2.07. The quantitative estimate of drug-likeness (QED) is 0.629. The smallest absolute Gasteiger partial charge is 0.210 e. The molecule has 0 aromatic heterocycles. The first-order valence-electron chi connectivity index (χ1n) is 3.83. The Hall–Kier alpha value is -0.130. The normalized spacial score (nSPS) is 22.3. The van der Waals surface area contributed by atoms with E-state index in [2.05, 4.69) is 0 Å². The van der Waals surface area contributed by atoms with E-state index in [9.17, 15) is 8.42 Å². The van der Waals surface area contributed by atoms with Gasteiger partial charge in [0.2, 0.25) is 10.0 Å². The summed E-state index contributed by atoms with van der Waals surface area (Å²) in [6, 6.07) is 0. The summed E-state index contributed by atoms with van der Waals surface area (Å²) in [5.74, 6) is 0. The molecule has 1 heterocycles. The Morgan fingerprint density at radius 2 is 2.00 bits per heavy atom. The maximum atomic E-state index is 11.0. The minimum absolute atomic E-state index is 0.0256. The molecule has 4 nitrogen and oxygen atoms in total. The van der Waals surface area contributed by atoms with Crippen LogP contribution in [0.3, 0.4) is 0 Å². The predicted molar refractivity (Wildman–Crippen MR) is 46.4 cm³/mol. The van der Waals surface area contributed by atoms with Gasteiger partial charge in [0.05, 0.1) is 19.5 Å². The molecule has 0 amide bonds. The standard InChI is InChI=1S/C7H15NO3S/c1-7(5-11-6-7)4-8(2)12(3,9)10/h4-6H2,1-3H3. The van der Waals surface area contributed by atoms with E-state index >= 15 is 0 Å². The third kappa shape index (κ3) is 2.18. The molecule has 0 saturated carbocycles. The van der Waals surface area contributed by atoms with Gasteiger partial charge in [-0.3, -0.25) is 0 Å². The van der Waals surface area contributed by atoms with Crippen molar-refractivity contribution in [3.8, 4) is 0 Å². The van der Waals surface area contributed by atoms with Crippen LogP contribution in [0.2, 0.25) is 0 Å². The second-order valence-corrected chi connectivity index (χ2v) is 5.91. The first-order valence-corrected chi connectivity index (χ1v) is 5.67. The molecule has 0 atom stereocenters. The summed E-state index contributed by atoms with van der Waals surface area (Å²) >= 11 is 0. The molecule has 1 aliphatic rings. The third-order valence-corrected chi connectivity index (χ3v) is 3.33. The van der Waals surface area contributed by atoms with Crippen LogP contribution in [0, 0.1) is 5.41 Å². The summed E-state index contributed by atoms with van der Waals surface area (Å²) in [5, 5.41) is 0. The zero-order valence-corrected chi connectivity index (χ0v) is 8.52. The van der Waals surface area contributed by atoms with Crippen LogP contribution >= 0.6 is 0 Å². The minimum atomic E-state index is -3.03. The average Bonchev–Trinajstić information content (AvgIpc) is 1.82. The van der Waals surface area contributed by atoms with Gasteiger partial charge in [-0.05, 0) is 0 Å². The largest absolute Gasteiger partial charge is 0.380 e. The van der Waals surface area contributed by atoms with Crippen molar-refractivity contribution >= 4 is 10.0 Å². The van der Waals surface area contributed by atoms with Crippen molar-refractivity contribution in [3.63, 3.8) is 0 Å². The van der Waals surface area contributed by atoms with Gasteiger partial charge in [0.25, 0.3) is 0 Å². The molecular formula is C7H15NO3S. The lowest BCUT2D eigenvalue weighted by Crippen LogP contribution is -2.48. The van der Waals surface area contributed by atoms with E-state index in [1.54, 1.807) is 7.05 Å². The molecule has 0 aromatic rings. The van der Waals surface area contributed by atoms with Crippen molar-refractivity contribution in [1.29, 1.82) is 0 Å². The minimum Gasteiger partial charge on any atom is -0.380 e. The van der Waals surface area contributed by atoms with Crippen molar-refractivity contribution < 1.29 is 13.2 Å². The number of hydrogen-bond acceptors (Lipinski definition) is 3. The van der Waals surface area contributed by atoms with Crippen LogP contribution in [-0.2, 0) is 14.8 Å². The number of ether oxygens (including phenoxy) is 1. The molecule has 1 saturated heterocycles. The Labute approximate surface area is 73.6 Å². The molecule has 0 bridgehead atoms. The van der Waals surface area contributed by atoms with E-state index in [0.29, 0.717) is 19.8 Å². The second kappa shape index (κ2) is 2.97. The van der Waals surface area contributed by atoms with Crippen LogP contribution in [-0.4, -0.2) is 45.8 Å². The van der Waals surface area contributed by atoms with Crippen LogP contribution < -0.4 is 0 Å². The molecule has 1 rings (SSSR count). The summed E-state index contributed by atoms with van der Waals surface area (Å²) in [5.41, 5.74) is 0.0256. The number of nitrogens with zero attached hydrogens (tertiary/aromatic N) is 1. The summed E-state index contributed by atoms with van der Waals surface area (Å²) in [6.45, 7) is 3.89. The topological polar surface area (TPSA) is 46.6 Å². The first kappa shape index (κ1) is 9.95. The highest BCUT2D eigenvalue weighted by molar-refractivity contribution is 7.88. The fraction of sp³-hybridized carbons (Fsp3) is 1.00. The van der Waals surface area contributed by atoms with Crippen molar-refractivity contribution in [2.75, 3.05) is 33.1 Å². The molecule has 0 aliphatic carbocycles. The molecule has 0 N–H and O–H groups in total. The number of hydrogen-bond donors (Lipinski definition) is 0. The van der Waals surface area contributed by atoms with Crippen LogP contribution in [0.15, 0.2) is 0 Å². The van der Waals surface area contributed by atoms with Gasteiger partial charge in [0, 0.05) is 19.0 Å². The first-order chi connectivity index (χ1) is 5.33. The van der Waals surface area contributed by atoms with Gasteiger partial charge in [0.15, 0.2) is 0 Å². The van der Waals surface area contributed by atoms with Gasteiger partial charge in [-0.2, -0.15) is 0 Å². The zero-order valence-electron chi connectivity index (χ0n) is 7.70. The number of rotatable bonds is 3. The van der Waals surface area contributed by atoms with E-state index in [0.717, 1.165) is 0 Å². The van der Waals surface area contributed by atoms with Gasteiger partial charge in [-0.15, -0.1) is 0 Å². The molecule has 72 valence electrons. The Morgan fingerprint density at radius 1 is 1.50 bits per heavy atom. The highest BCUT2D eigenvalue weighted by Gasteiger charge is 2.36. The second-order valence-electron chi connectivity index (χ2n) is 3.82. The monoisotopic (exact) mass is 193 g/mol. The summed E-state index contributed by atoms with van der Waals surface area (Å²) in [6.07, 6.45) is 1.22.